The van der Waals surface area contributed by atoms with Crippen LogP contribution in [0.4, 0.5) is 5.82 Å². The SMILES string of the molecule is C/C(=N/OCCO)c1ccc(N(C)S(=O)(=O)c2ccc(C)cc2)nc1. The molecule has 0 saturated carbocycles. The first-order chi connectivity index (χ1) is 11.9. The molecule has 0 spiro atoms. The highest BCUT2D eigenvalue weighted by molar-refractivity contribution is 7.92. The summed E-state index contributed by atoms with van der Waals surface area (Å²) in [4.78, 5) is 9.31. The van der Waals surface area contributed by atoms with Gasteiger partial charge >= 0.3 is 0 Å². The second-order valence-corrected chi connectivity index (χ2v) is 7.39. The lowest BCUT2D eigenvalue weighted by atomic mass is 10.2. The van der Waals surface area contributed by atoms with Gasteiger partial charge in [0, 0.05) is 18.8 Å². The molecule has 0 aliphatic carbocycles. The van der Waals surface area contributed by atoms with Crippen LogP contribution >= 0.6 is 0 Å². The number of aliphatic hydroxyl groups is 1. The van der Waals surface area contributed by atoms with Crippen LogP contribution in [-0.4, -0.2) is 44.5 Å². The molecule has 2 aromatic rings. The molecule has 0 atom stereocenters. The summed E-state index contributed by atoms with van der Waals surface area (Å²) in [5.74, 6) is 0.299. The highest BCUT2D eigenvalue weighted by Crippen LogP contribution is 2.20. The molecule has 0 radical (unpaired) electrons. The summed E-state index contributed by atoms with van der Waals surface area (Å²) in [5.41, 5.74) is 2.27. The topological polar surface area (TPSA) is 92.1 Å². The van der Waals surface area contributed by atoms with Crippen molar-refractivity contribution < 1.29 is 18.4 Å². The molecule has 8 heteroatoms. The van der Waals surface area contributed by atoms with Gasteiger partial charge in [-0.2, -0.15) is 0 Å². The number of anilines is 1. The van der Waals surface area contributed by atoms with Crippen molar-refractivity contribution in [1.29, 1.82) is 0 Å². The number of hydrogen-bond donors (Lipinski definition) is 1. The Labute approximate surface area is 147 Å². The number of oxime groups is 1. The van der Waals surface area contributed by atoms with Gasteiger partial charge in [-0.25, -0.2) is 13.4 Å². The van der Waals surface area contributed by atoms with Crippen LogP contribution in [0.25, 0.3) is 0 Å². The van der Waals surface area contributed by atoms with E-state index >= 15 is 0 Å². The Bertz CT molecular complexity index is 831. The molecule has 25 heavy (non-hydrogen) atoms. The molecule has 134 valence electrons. The lowest BCUT2D eigenvalue weighted by molar-refractivity contribution is 0.0986. The molecule has 1 heterocycles. The van der Waals surface area contributed by atoms with Gasteiger partial charge in [-0.3, -0.25) is 4.31 Å². The van der Waals surface area contributed by atoms with Crippen molar-refractivity contribution in [3.8, 4) is 0 Å². The third-order valence-electron chi connectivity index (χ3n) is 3.55. The Morgan fingerprint density at radius 3 is 2.48 bits per heavy atom. The van der Waals surface area contributed by atoms with E-state index in [-0.39, 0.29) is 18.1 Å². The number of aromatic nitrogens is 1. The number of hydrogen-bond acceptors (Lipinski definition) is 6. The molecule has 1 aromatic heterocycles. The van der Waals surface area contributed by atoms with Crippen molar-refractivity contribution in [3.05, 3.63) is 53.7 Å². The molecule has 7 nitrogen and oxygen atoms in total. The van der Waals surface area contributed by atoms with Crippen LogP contribution in [0, 0.1) is 6.92 Å². The zero-order valence-electron chi connectivity index (χ0n) is 14.4. The maximum absolute atomic E-state index is 12.7. The summed E-state index contributed by atoms with van der Waals surface area (Å²) in [6.45, 7) is 3.63. The second-order valence-electron chi connectivity index (χ2n) is 5.42. The number of rotatable bonds is 7. The van der Waals surface area contributed by atoms with Gasteiger partial charge < -0.3 is 9.94 Å². The predicted octanol–water partition coefficient (Wildman–Crippen LogP) is 1.95. The fraction of sp³-hybridized carbons (Fsp3) is 0.294. The van der Waals surface area contributed by atoms with Crippen LogP contribution in [0.3, 0.4) is 0 Å². The van der Waals surface area contributed by atoms with Crippen LogP contribution in [0.5, 0.6) is 0 Å². The first-order valence-electron chi connectivity index (χ1n) is 7.65. The van der Waals surface area contributed by atoms with Crippen molar-refractivity contribution in [2.45, 2.75) is 18.7 Å². The summed E-state index contributed by atoms with van der Waals surface area (Å²) >= 11 is 0. The number of pyridine rings is 1. The van der Waals surface area contributed by atoms with E-state index in [1.54, 1.807) is 43.3 Å². The van der Waals surface area contributed by atoms with Crippen molar-refractivity contribution >= 4 is 21.6 Å². The van der Waals surface area contributed by atoms with Crippen LogP contribution < -0.4 is 4.31 Å². The number of nitrogens with zero attached hydrogens (tertiary/aromatic N) is 3. The lowest BCUT2D eigenvalue weighted by Crippen LogP contribution is -2.27. The van der Waals surface area contributed by atoms with Crippen molar-refractivity contribution in [3.63, 3.8) is 0 Å². The molecule has 0 aliphatic heterocycles. The zero-order valence-corrected chi connectivity index (χ0v) is 15.2. The third-order valence-corrected chi connectivity index (χ3v) is 5.33. The monoisotopic (exact) mass is 363 g/mol. The fourth-order valence-corrected chi connectivity index (χ4v) is 3.16. The van der Waals surface area contributed by atoms with E-state index in [0.717, 1.165) is 9.87 Å². The minimum atomic E-state index is -3.67. The summed E-state index contributed by atoms with van der Waals surface area (Å²) in [7, 11) is -2.21. The Hall–Kier alpha value is -2.45. The quantitative estimate of drug-likeness (QED) is 0.461. The van der Waals surface area contributed by atoms with Gasteiger partial charge in [0.25, 0.3) is 10.0 Å². The maximum atomic E-state index is 12.7. The van der Waals surface area contributed by atoms with Gasteiger partial charge in [0.05, 0.1) is 17.2 Å². The minimum Gasteiger partial charge on any atom is -0.393 e. The molecule has 0 bridgehead atoms. The molecule has 0 saturated heterocycles. The fourth-order valence-electron chi connectivity index (χ4n) is 2.01. The number of aryl methyl sites for hydroxylation is 1. The van der Waals surface area contributed by atoms with Gasteiger partial charge in [-0.1, -0.05) is 22.9 Å². The van der Waals surface area contributed by atoms with E-state index in [9.17, 15) is 8.42 Å². The third kappa shape index (κ3) is 4.55. The smallest absolute Gasteiger partial charge is 0.265 e. The van der Waals surface area contributed by atoms with E-state index < -0.39 is 10.0 Å². The Balaban J connectivity index is 2.21. The molecule has 0 aliphatic rings. The first kappa shape index (κ1) is 18.9. The van der Waals surface area contributed by atoms with Gasteiger partial charge in [0.1, 0.15) is 12.4 Å². The van der Waals surface area contributed by atoms with E-state index in [0.29, 0.717) is 17.1 Å². The highest BCUT2D eigenvalue weighted by Gasteiger charge is 2.22. The molecular weight excluding hydrogens is 342 g/mol. The molecule has 1 N–H and O–H groups in total. The zero-order chi connectivity index (χ0) is 18.4. The summed E-state index contributed by atoms with van der Waals surface area (Å²) in [6.07, 6.45) is 1.53. The number of aliphatic hydroxyl groups excluding tert-OH is 1. The van der Waals surface area contributed by atoms with Gasteiger partial charge in [0.2, 0.25) is 0 Å². The molecule has 1 aromatic carbocycles. The van der Waals surface area contributed by atoms with Crippen LogP contribution in [0.15, 0.2) is 52.6 Å². The highest BCUT2D eigenvalue weighted by atomic mass is 32.2. The second kappa shape index (κ2) is 8.09. The van der Waals surface area contributed by atoms with Gasteiger partial charge in [-0.05, 0) is 38.1 Å². The first-order valence-corrected chi connectivity index (χ1v) is 9.09. The molecule has 2 rings (SSSR count). The number of sulfonamides is 1. The lowest BCUT2D eigenvalue weighted by Gasteiger charge is -2.18. The van der Waals surface area contributed by atoms with E-state index in [4.69, 9.17) is 9.94 Å². The summed E-state index contributed by atoms with van der Waals surface area (Å²) in [6, 6.07) is 9.97. The Kier molecular flexibility index (Phi) is 6.11. The summed E-state index contributed by atoms with van der Waals surface area (Å²) < 4.78 is 26.4. The average Bonchev–Trinajstić information content (AvgIpc) is 2.61. The van der Waals surface area contributed by atoms with Crippen molar-refractivity contribution in [2.75, 3.05) is 24.6 Å². The van der Waals surface area contributed by atoms with Gasteiger partial charge in [0.15, 0.2) is 0 Å². The average molecular weight is 363 g/mol. The Morgan fingerprint density at radius 1 is 1.24 bits per heavy atom. The predicted molar refractivity (Wildman–Crippen MR) is 96.3 cm³/mol. The number of benzene rings is 1. The van der Waals surface area contributed by atoms with Crippen LogP contribution in [0.1, 0.15) is 18.1 Å². The van der Waals surface area contributed by atoms with Crippen molar-refractivity contribution in [2.24, 2.45) is 5.16 Å². The van der Waals surface area contributed by atoms with Crippen molar-refractivity contribution in [1.82, 2.24) is 4.98 Å². The van der Waals surface area contributed by atoms with Crippen LogP contribution in [-0.2, 0) is 14.9 Å². The van der Waals surface area contributed by atoms with Gasteiger partial charge in [-0.15, -0.1) is 0 Å². The minimum absolute atomic E-state index is 0.111. The molecule has 0 unspecified atom stereocenters. The molecular formula is C17H21N3O4S. The summed E-state index contributed by atoms with van der Waals surface area (Å²) in [5, 5.41) is 12.5. The van der Waals surface area contributed by atoms with Crippen LogP contribution in [0.2, 0.25) is 0 Å². The normalized spacial score (nSPS) is 12.1. The molecule has 0 fully saturated rings. The van der Waals surface area contributed by atoms with E-state index in [1.807, 2.05) is 6.92 Å². The maximum Gasteiger partial charge on any atom is 0.265 e. The largest absolute Gasteiger partial charge is 0.393 e. The van der Waals surface area contributed by atoms with E-state index in [1.165, 1.54) is 13.2 Å². The molecule has 0 amide bonds. The standard InChI is InChI=1S/C17H21N3O4S/c1-13-4-7-16(8-5-13)25(22,23)20(3)17-9-6-15(12-18-17)14(2)19-24-11-10-21/h4-9,12,21H,10-11H2,1-3H3/b19-14-. The Morgan fingerprint density at radius 2 is 1.92 bits per heavy atom. The van der Waals surface area contributed by atoms with E-state index in [2.05, 4.69) is 10.1 Å².